The SMILES string of the molecule is N#Cc1cc(F)ccc1N1CCC(F)CC1. The highest BCUT2D eigenvalue weighted by molar-refractivity contribution is 5.59. The van der Waals surface area contributed by atoms with Crippen LogP contribution in [0.25, 0.3) is 0 Å². The van der Waals surface area contributed by atoms with Gasteiger partial charge in [0.1, 0.15) is 18.1 Å². The predicted octanol–water partition coefficient (Wildman–Crippen LogP) is 2.64. The lowest BCUT2D eigenvalue weighted by Gasteiger charge is -2.31. The van der Waals surface area contributed by atoms with E-state index in [9.17, 15) is 8.78 Å². The van der Waals surface area contributed by atoms with E-state index in [1.165, 1.54) is 12.1 Å². The lowest BCUT2D eigenvalue weighted by atomic mass is 10.1. The van der Waals surface area contributed by atoms with E-state index in [2.05, 4.69) is 0 Å². The molecule has 0 aliphatic carbocycles. The van der Waals surface area contributed by atoms with Gasteiger partial charge in [-0.3, -0.25) is 0 Å². The first kappa shape index (κ1) is 10.9. The molecule has 1 aromatic carbocycles. The third kappa shape index (κ3) is 2.13. The molecule has 0 N–H and O–H groups in total. The maximum atomic E-state index is 13.0. The zero-order chi connectivity index (χ0) is 11.5. The van der Waals surface area contributed by atoms with E-state index >= 15 is 0 Å². The molecule has 4 heteroatoms. The fraction of sp³-hybridized carbons (Fsp3) is 0.417. The molecule has 1 aromatic rings. The summed E-state index contributed by atoms with van der Waals surface area (Å²) in [5.41, 5.74) is 1.02. The number of nitriles is 1. The summed E-state index contributed by atoms with van der Waals surface area (Å²) in [5.74, 6) is -0.416. The average Bonchev–Trinajstić information content (AvgIpc) is 2.30. The third-order valence-electron chi connectivity index (χ3n) is 2.84. The van der Waals surface area contributed by atoms with Gasteiger partial charge >= 0.3 is 0 Å². The first-order valence-electron chi connectivity index (χ1n) is 5.29. The van der Waals surface area contributed by atoms with Gasteiger partial charge in [-0.05, 0) is 31.0 Å². The zero-order valence-corrected chi connectivity index (χ0v) is 8.79. The van der Waals surface area contributed by atoms with Crippen molar-refractivity contribution in [1.82, 2.24) is 0 Å². The van der Waals surface area contributed by atoms with Crippen LogP contribution in [0.4, 0.5) is 14.5 Å². The molecule has 1 aliphatic heterocycles. The molecule has 16 heavy (non-hydrogen) atoms. The van der Waals surface area contributed by atoms with E-state index in [4.69, 9.17) is 5.26 Å². The molecule has 0 spiro atoms. The van der Waals surface area contributed by atoms with E-state index in [1.54, 1.807) is 6.07 Å². The van der Waals surface area contributed by atoms with Gasteiger partial charge in [0, 0.05) is 13.1 Å². The summed E-state index contributed by atoms with van der Waals surface area (Å²) in [4.78, 5) is 1.94. The van der Waals surface area contributed by atoms with E-state index in [0.29, 0.717) is 37.2 Å². The van der Waals surface area contributed by atoms with Gasteiger partial charge in [0.2, 0.25) is 0 Å². The lowest BCUT2D eigenvalue weighted by Crippen LogP contribution is -2.34. The Kier molecular flexibility index (Phi) is 3.04. The number of anilines is 1. The van der Waals surface area contributed by atoms with Crippen molar-refractivity contribution >= 4 is 5.69 Å². The first-order chi connectivity index (χ1) is 7.70. The molecule has 2 rings (SSSR count). The molecule has 0 radical (unpaired) electrons. The Morgan fingerprint density at radius 1 is 1.31 bits per heavy atom. The zero-order valence-electron chi connectivity index (χ0n) is 8.79. The van der Waals surface area contributed by atoms with Gasteiger partial charge in [0.25, 0.3) is 0 Å². The summed E-state index contributed by atoms with van der Waals surface area (Å²) >= 11 is 0. The highest BCUT2D eigenvalue weighted by Gasteiger charge is 2.20. The number of alkyl halides is 1. The van der Waals surface area contributed by atoms with E-state index < -0.39 is 12.0 Å². The molecule has 1 fully saturated rings. The fourth-order valence-electron chi connectivity index (χ4n) is 1.96. The minimum absolute atomic E-state index is 0.317. The summed E-state index contributed by atoms with van der Waals surface area (Å²) < 4.78 is 25.9. The summed E-state index contributed by atoms with van der Waals surface area (Å²) in [7, 11) is 0. The van der Waals surface area contributed by atoms with Gasteiger partial charge in [0.15, 0.2) is 0 Å². The number of benzene rings is 1. The summed E-state index contributed by atoms with van der Waals surface area (Å²) in [5, 5.41) is 8.91. The van der Waals surface area contributed by atoms with Crippen LogP contribution in [0.15, 0.2) is 18.2 Å². The van der Waals surface area contributed by atoms with Crippen LogP contribution >= 0.6 is 0 Å². The van der Waals surface area contributed by atoms with Gasteiger partial charge in [-0.2, -0.15) is 5.26 Å². The van der Waals surface area contributed by atoms with Gasteiger partial charge in [-0.25, -0.2) is 8.78 Å². The predicted molar refractivity (Wildman–Crippen MR) is 57.5 cm³/mol. The van der Waals surface area contributed by atoms with Gasteiger partial charge < -0.3 is 4.90 Å². The van der Waals surface area contributed by atoms with Crippen LogP contribution in [0.3, 0.4) is 0 Å². The highest BCUT2D eigenvalue weighted by atomic mass is 19.1. The molecule has 1 saturated heterocycles. The molecule has 1 aliphatic rings. The topological polar surface area (TPSA) is 27.0 Å². The second-order valence-corrected chi connectivity index (χ2v) is 3.93. The number of piperidine rings is 1. The quantitative estimate of drug-likeness (QED) is 0.730. The summed E-state index contributed by atoms with van der Waals surface area (Å²) in [6, 6.07) is 6.11. The molecule has 1 heterocycles. The number of hydrogen-bond donors (Lipinski definition) is 0. The largest absolute Gasteiger partial charge is 0.370 e. The third-order valence-corrected chi connectivity index (χ3v) is 2.84. The molecule has 0 saturated carbocycles. The molecular weight excluding hydrogens is 210 g/mol. The Balaban J connectivity index is 2.24. The second-order valence-electron chi connectivity index (χ2n) is 3.93. The number of hydrogen-bond acceptors (Lipinski definition) is 2. The molecule has 0 unspecified atom stereocenters. The molecule has 0 atom stereocenters. The maximum Gasteiger partial charge on any atom is 0.124 e. The molecular formula is C12H12F2N2. The van der Waals surface area contributed by atoms with Crippen LogP contribution in [0.5, 0.6) is 0 Å². The second kappa shape index (κ2) is 4.48. The van der Waals surface area contributed by atoms with Crippen LogP contribution < -0.4 is 4.90 Å². The number of rotatable bonds is 1. The van der Waals surface area contributed by atoms with Gasteiger partial charge in [0.05, 0.1) is 11.3 Å². The van der Waals surface area contributed by atoms with Crippen LogP contribution in [0.1, 0.15) is 18.4 Å². The van der Waals surface area contributed by atoms with Crippen molar-refractivity contribution in [2.75, 3.05) is 18.0 Å². The van der Waals surface area contributed by atoms with Crippen molar-refractivity contribution in [2.45, 2.75) is 19.0 Å². The molecule has 0 amide bonds. The monoisotopic (exact) mass is 222 g/mol. The van der Waals surface area contributed by atoms with Crippen molar-refractivity contribution < 1.29 is 8.78 Å². The summed E-state index contributed by atoms with van der Waals surface area (Å²) in [6.07, 6.45) is 0.201. The Hall–Kier alpha value is -1.63. The normalized spacial score (nSPS) is 17.2. The maximum absolute atomic E-state index is 13.0. The van der Waals surface area contributed by atoms with Crippen LogP contribution in [-0.4, -0.2) is 19.3 Å². The van der Waals surface area contributed by atoms with Crippen molar-refractivity contribution in [3.8, 4) is 6.07 Å². The van der Waals surface area contributed by atoms with Crippen molar-refractivity contribution in [1.29, 1.82) is 5.26 Å². The lowest BCUT2D eigenvalue weighted by molar-refractivity contribution is 0.277. The van der Waals surface area contributed by atoms with Crippen molar-refractivity contribution in [3.63, 3.8) is 0 Å². The van der Waals surface area contributed by atoms with E-state index in [0.717, 1.165) is 0 Å². The number of halogens is 2. The van der Waals surface area contributed by atoms with Crippen molar-refractivity contribution in [2.24, 2.45) is 0 Å². The van der Waals surface area contributed by atoms with Crippen molar-refractivity contribution in [3.05, 3.63) is 29.6 Å². The minimum atomic E-state index is -0.748. The highest BCUT2D eigenvalue weighted by Crippen LogP contribution is 2.25. The van der Waals surface area contributed by atoms with Gasteiger partial charge in [-0.1, -0.05) is 0 Å². The standard InChI is InChI=1S/C12H12F2N2/c13-10-3-5-16(6-4-10)12-2-1-11(14)7-9(12)8-15/h1-2,7,10H,3-6H2. The van der Waals surface area contributed by atoms with Gasteiger partial charge in [-0.15, -0.1) is 0 Å². The Morgan fingerprint density at radius 3 is 2.62 bits per heavy atom. The van der Waals surface area contributed by atoms with Crippen LogP contribution in [0, 0.1) is 17.1 Å². The molecule has 84 valence electrons. The fourth-order valence-corrected chi connectivity index (χ4v) is 1.96. The average molecular weight is 222 g/mol. The Morgan fingerprint density at radius 2 is 2.00 bits per heavy atom. The molecule has 2 nitrogen and oxygen atoms in total. The number of nitrogens with zero attached hydrogens (tertiary/aromatic N) is 2. The first-order valence-corrected chi connectivity index (χ1v) is 5.29. The minimum Gasteiger partial charge on any atom is -0.370 e. The smallest absolute Gasteiger partial charge is 0.124 e. The Labute approximate surface area is 93.1 Å². The summed E-state index contributed by atoms with van der Waals surface area (Å²) in [6.45, 7) is 1.17. The van der Waals surface area contributed by atoms with Crippen LogP contribution in [0.2, 0.25) is 0 Å². The Bertz CT molecular complexity index is 418. The van der Waals surface area contributed by atoms with Crippen LogP contribution in [-0.2, 0) is 0 Å². The van der Waals surface area contributed by atoms with E-state index in [-0.39, 0.29) is 0 Å². The molecule has 0 aromatic heterocycles. The van der Waals surface area contributed by atoms with E-state index in [1.807, 2.05) is 11.0 Å². The molecule has 0 bridgehead atoms.